The normalized spacial score (nSPS) is 17.8. The summed E-state index contributed by atoms with van der Waals surface area (Å²) in [6.45, 7) is 4.34. The van der Waals surface area contributed by atoms with Gasteiger partial charge in [0.15, 0.2) is 6.29 Å². The second-order valence-electron chi connectivity index (χ2n) is 27.8. The maximum atomic E-state index is 13.1. The number of rotatable bonds is 71. The van der Waals surface area contributed by atoms with E-state index in [9.17, 15) is 35.1 Å². The van der Waals surface area contributed by atoms with Gasteiger partial charge in [-0.25, -0.2) is 0 Å². The van der Waals surface area contributed by atoms with Crippen molar-refractivity contribution in [3.05, 3.63) is 60.8 Å². The third-order valence-electron chi connectivity index (χ3n) is 18.8. The highest BCUT2D eigenvalue weighted by Crippen LogP contribution is 2.24. The first-order valence-corrected chi connectivity index (χ1v) is 40.1. The Kier molecular flexibility index (Phi) is 67.2. The van der Waals surface area contributed by atoms with Crippen molar-refractivity contribution in [3.63, 3.8) is 0 Å². The number of ether oxygens (including phenoxy) is 3. The van der Waals surface area contributed by atoms with Crippen molar-refractivity contribution in [2.24, 2.45) is 0 Å². The summed E-state index contributed by atoms with van der Waals surface area (Å²) in [6, 6.07) is -0.809. The fourth-order valence-electron chi connectivity index (χ4n) is 12.5. The van der Waals surface area contributed by atoms with Gasteiger partial charge in [0.05, 0.1) is 32.0 Å². The lowest BCUT2D eigenvalue weighted by molar-refractivity contribution is -0.302. The summed E-state index contributed by atoms with van der Waals surface area (Å²) < 4.78 is 16.8. The average molecular weight is 1310 g/mol. The van der Waals surface area contributed by atoms with Crippen molar-refractivity contribution < 1.29 is 49.3 Å². The number of amides is 1. The van der Waals surface area contributed by atoms with Crippen molar-refractivity contribution in [1.82, 2.24) is 5.32 Å². The lowest BCUT2D eigenvalue weighted by Crippen LogP contribution is -2.60. The van der Waals surface area contributed by atoms with Crippen LogP contribution in [0.5, 0.6) is 0 Å². The number of nitrogens with one attached hydrogen (secondary N) is 1. The molecule has 7 atom stereocenters. The number of hydrogen-bond donors (Lipinski definition) is 6. The Morgan fingerprint density at radius 3 is 1.12 bits per heavy atom. The van der Waals surface area contributed by atoms with E-state index in [1.807, 2.05) is 6.08 Å². The number of unbranched alkanes of at least 4 members (excludes halogenated alkanes) is 49. The fraction of sp³-hybridized carbons (Fsp3) is 0.854. The zero-order valence-electron chi connectivity index (χ0n) is 60.7. The van der Waals surface area contributed by atoms with E-state index in [4.69, 9.17) is 14.2 Å². The van der Waals surface area contributed by atoms with Gasteiger partial charge in [0.2, 0.25) is 5.91 Å². The molecule has 0 aromatic heterocycles. The molecule has 6 N–H and O–H groups in total. The van der Waals surface area contributed by atoms with Gasteiger partial charge in [-0.15, -0.1) is 0 Å². The summed E-state index contributed by atoms with van der Waals surface area (Å²) in [6.07, 6.45) is 85.3. The lowest BCUT2D eigenvalue weighted by Gasteiger charge is -2.40. The van der Waals surface area contributed by atoms with Crippen LogP contribution in [0.1, 0.15) is 386 Å². The van der Waals surface area contributed by atoms with Gasteiger partial charge in [0, 0.05) is 12.8 Å². The Hall–Kier alpha value is -2.64. The zero-order chi connectivity index (χ0) is 67.2. The van der Waals surface area contributed by atoms with E-state index in [1.54, 1.807) is 6.08 Å². The maximum absolute atomic E-state index is 13.1. The fourth-order valence-corrected chi connectivity index (χ4v) is 12.5. The summed E-state index contributed by atoms with van der Waals surface area (Å²) in [7, 11) is 0. The lowest BCUT2D eigenvalue weighted by atomic mass is 9.99. The first kappa shape index (κ1) is 88.4. The van der Waals surface area contributed by atoms with Crippen molar-refractivity contribution in [2.75, 3.05) is 19.8 Å². The molecule has 544 valence electrons. The third kappa shape index (κ3) is 59.2. The summed E-state index contributed by atoms with van der Waals surface area (Å²) in [5, 5.41) is 54.6. The molecule has 93 heavy (non-hydrogen) atoms. The predicted octanol–water partition coefficient (Wildman–Crippen LogP) is 21.6. The van der Waals surface area contributed by atoms with E-state index in [0.717, 1.165) is 70.6 Å². The van der Waals surface area contributed by atoms with Crippen molar-refractivity contribution in [2.45, 2.75) is 429 Å². The summed E-state index contributed by atoms with van der Waals surface area (Å²) >= 11 is 0. The molecule has 0 saturated carbocycles. The van der Waals surface area contributed by atoms with E-state index in [2.05, 4.69) is 67.8 Å². The van der Waals surface area contributed by atoms with Gasteiger partial charge in [-0.3, -0.25) is 9.59 Å². The van der Waals surface area contributed by atoms with E-state index in [1.165, 1.54) is 289 Å². The van der Waals surface area contributed by atoms with E-state index < -0.39 is 49.5 Å². The highest BCUT2D eigenvalue weighted by molar-refractivity contribution is 5.76. The SMILES string of the molecule is CCCC/C=C\C/C=C\CCCCCCCC(=O)OCCCCCCCCCCCCCCC/C=C\C/C=C\CCCCCCCCCCCCCCCCCCCC(=O)NC(COC1OC(CO)C(O)C(O)C1O)C(O)/C=C/CCCCCCCCCCCCCC. The van der Waals surface area contributed by atoms with Crippen LogP contribution in [0.2, 0.25) is 0 Å². The number of allylic oxidation sites excluding steroid dienone is 9. The van der Waals surface area contributed by atoms with Gasteiger partial charge in [-0.2, -0.15) is 0 Å². The average Bonchev–Trinajstić information content (AvgIpc) is 0.955. The minimum atomic E-state index is -1.57. The Labute approximate surface area is 573 Å². The summed E-state index contributed by atoms with van der Waals surface area (Å²) in [5.41, 5.74) is 0. The quantitative estimate of drug-likeness (QED) is 0.0195. The van der Waals surface area contributed by atoms with Gasteiger partial charge >= 0.3 is 5.97 Å². The predicted molar refractivity (Wildman–Crippen MR) is 393 cm³/mol. The van der Waals surface area contributed by atoms with Crippen LogP contribution in [0.4, 0.5) is 0 Å². The number of carbonyl (C=O) groups excluding carboxylic acids is 2. The molecule has 1 rings (SSSR count). The van der Waals surface area contributed by atoms with Crippen molar-refractivity contribution in [3.8, 4) is 0 Å². The van der Waals surface area contributed by atoms with Crippen LogP contribution in [-0.2, 0) is 23.8 Å². The number of carbonyl (C=O) groups is 2. The molecular formula is C82H151NO10. The van der Waals surface area contributed by atoms with Crippen LogP contribution >= 0.6 is 0 Å². The standard InChI is InChI=1S/C82H151NO10/c1-3-5-7-9-11-13-15-17-44-48-52-56-60-64-68-75(85)74(73-92-82-81(90)80(89)79(88)76(72-84)93-82)83-77(86)69-65-61-57-53-49-45-42-40-38-36-34-32-30-28-26-24-22-20-19-21-23-25-27-29-31-33-35-37-39-41-43-47-51-55-59-63-67-71-91-78(87)70-66-62-58-54-50-46-18-16-14-12-10-8-6-4-2/h10,12,16,18-19,21,25,27,64,68,74-76,79-82,84-85,88-90H,3-9,11,13-15,17,20,22-24,26,28-63,65-67,69-73H2,1-2H3,(H,83,86)/b12-10-,18-16-,21-19-,27-25-,68-64+. The molecule has 0 radical (unpaired) electrons. The smallest absolute Gasteiger partial charge is 0.305 e. The van der Waals surface area contributed by atoms with E-state index >= 15 is 0 Å². The minimum Gasteiger partial charge on any atom is -0.466 e. The van der Waals surface area contributed by atoms with Crippen LogP contribution < -0.4 is 5.32 Å². The maximum Gasteiger partial charge on any atom is 0.305 e. The van der Waals surface area contributed by atoms with Crippen LogP contribution in [-0.4, -0.2) is 100 Å². The second kappa shape index (κ2) is 70.7. The molecule has 1 aliphatic heterocycles. The second-order valence-corrected chi connectivity index (χ2v) is 27.8. The monoisotopic (exact) mass is 1310 g/mol. The molecule has 1 amide bonds. The molecule has 7 unspecified atom stereocenters. The number of aliphatic hydroxyl groups is 5. The van der Waals surface area contributed by atoms with Crippen molar-refractivity contribution >= 4 is 11.9 Å². The largest absolute Gasteiger partial charge is 0.466 e. The van der Waals surface area contributed by atoms with Gasteiger partial charge in [0.1, 0.15) is 24.4 Å². The summed E-state index contributed by atoms with van der Waals surface area (Å²) in [4.78, 5) is 25.2. The molecule has 11 heteroatoms. The molecule has 0 aromatic rings. The number of hydrogen-bond acceptors (Lipinski definition) is 10. The number of esters is 1. The molecule has 11 nitrogen and oxygen atoms in total. The van der Waals surface area contributed by atoms with Gasteiger partial charge in [0.25, 0.3) is 0 Å². The summed E-state index contributed by atoms with van der Waals surface area (Å²) in [5.74, 6) is -0.179. The highest BCUT2D eigenvalue weighted by Gasteiger charge is 2.44. The minimum absolute atomic E-state index is 0.00202. The first-order valence-electron chi connectivity index (χ1n) is 40.1. The van der Waals surface area contributed by atoms with Gasteiger partial charge in [-0.1, -0.05) is 344 Å². The Balaban J connectivity index is 1.92. The molecule has 0 aliphatic carbocycles. The van der Waals surface area contributed by atoms with E-state index in [0.29, 0.717) is 19.4 Å². The highest BCUT2D eigenvalue weighted by atomic mass is 16.7. The molecular weight excluding hydrogens is 1160 g/mol. The molecule has 1 saturated heterocycles. The molecule has 0 spiro atoms. The van der Waals surface area contributed by atoms with Gasteiger partial charge in [-0.05, 0) is 89.9 Å². The molecule has 1 fully saturated rings. The first-order chi connectivity index (χ1) is 45.7. The molecule has 0 aromatic carbocycles. The molecule has 1 aliphatic rings. The van der Waals surface area contributed by atoms with Crippen molar-refractivity contribution in [1.29, 1.82) is 0 Å². The number of aliphatic hydroxyl groups excluding tert-OH is 5. The Bertz CT molecular complexity index is 1730. The van der Waals surface area contributed by atoms with Crippen LogP contribution in [0.15, 0.2) is 60.8 Å². The molecule has 1 heterocycles. The Morgan fingerprint density at radius 2 is 0.731 bits per heavy atom. The third-order valence-corrected chi connectivity index (χ3v) is 18.8. The zero-order valence-corrected chi connectivity index (χ0v) is 60.7. The molecule has 0 bridgehead atoms. The Morgan fingerprint density at radius 1 is 0.398 bits per heavy atom. The van der Waals surface area contributed by atoms with Crippen LogP contribution in [0.3, 0.4) is 0 Å². The van der Waals surface area contributed by atoms with E-state index in [-0.39, 0.29) is 18.5 Å². The van der Waals surface area contributed by atoms with Gasteiger partial charge < -0.3 is 45.1 Å². The van der Waals surface area contributed by atoms with Crippen LogP contribution in [0, 0.1) is 0 Å². The topological polar surface area (TPSA) is 175 Å². The van der Waals surface area contributed by atoms with Crippen LogP contribution in [0.25, 0.3) is 0 Å².